The van der Waals surface area contributed by atoms with Crippen LogP contribution >= 0.6 is 0 Å². The van der Waals surface area contributed by atoms with Gasteiger partial charge in [-0.3, -0.25) is 4.90 Å². The highest BCUT2D eigenvalue weighted by Gasteiger charge is 2.37. The Kier molecular flexibility index (Phi) is 6.99. The van der Waals surface area contributed by atoms with Crippen molar-refractivity contribution >= 4 is 0 Å². The average molecular weight is 504 g/mol. The van der Waals surface area contributed by atoms with Crippen LogP contribution in [0.5, 0.6) is 0 Å². The van der Waals surface area contributed by atoms with Crippen molar-refractivity contribution in [3.8, 4) is 0 Å². The summed E-state index contributed by atoms with van der Waals surface area (Å²) >= 11 is 0. The maximum Gasteiger partial charge on any atom is 0.173 e. The van der Waals surface area contributed by atoms with Gasteiger partial charge in [0.2, 0.25) is 0 Å². The van der Waals surface area contributed by atoms with E-state index in [4.69, 9.17) is 8.83 Å². The van der Waals surface area contributed by atoms with E-state index in [1.807, 2.05) is 11.0 Å². The van der Waals surface area contributed by atoms with Crippen LogP contribution in [0.4, 0.5) is 13.2 Å². The van der Waals surface area contributed by atoms with Gasteiger partial charge in [-0.25, -0.2) is 13.2 Å². The molecule has 0 aliphatic carbocycles. The number of halogens is 3. The van der Waals surface area contributed by atoms with Gasteiger partial charge in [0.25, 0.3) is 0 Å². The van der Waals surface area contributed by atoms with Gasteiger partial charge in [0.15, 0.2) is 5.60 Å². The van der Waals surface area contributed by atoms with Crippen LogP contribution in [0.3, 0.4) is 0 Å². The van der Waals surface area contributed by atoms with Gasteiger partial charge in [0.1, 0.15) is 34.7 Å². The Balaban J connectivity index is 1.48. The van der Waals surface area contributed by atoms with Crippen molar-refractivity contribution in [1.29, 1.82) is 0 Å². The van der Waals surface area contributed by atoms with Crippen LogP contribution in [0.2, 0.25) is 0 Å². The van der Waals surface area contributed by atoms with E-state index >= 15 is 0 Å². The highest BCUT2D eigenvalue weighted by molar-refractivity contribution is 5.44. The lowest BCUT2D eigenvalue weighted by Gasteiger charge is -2.27. The molecule has 0 atom stereocenters. The van der Waals surface area contributed by atoms with Crippen LogP contribution in [0.15, 0.2) is 112 Å². The van der Waals surface area contributed by atoms with Gasteiger partial charge < -0.3 is 13.9 Å². The summed E-state index contributed by atoms with van der Waals surface area (Å²) in [6.45, 7) is 0.985. The monoisotopic (exact) mass is 503 g/mol. The number of benzene rings is 3. The molecular formula is C30H24F3NO3. The predicted octanol–water partition coefficient (Wildman–Crippen LogP) is 6.78. The Labute approximate surface area is 212 Å². The summed E-state index contributed by atoms with van der Waals surface area (Å²) in [5.74, 6) is 0.190. The highest BCUT2D eigenvalue weighted by Crippen LogP contribution is 2.38. The molecule has 2 heterocycles. The molecule has 0 saturated heterocycles. The molecule has 0 bridgehead atoms. The number of rotatable bonds is 9. The van der Waals surface area contributed by atoms with E-state index in [0.717, 1.165) is 0 Å². The molecule has 188 valence electrons. The largest absolute Gasteiger partial charge is 0.468 e. The van der Waals surface area contributed by atoms with Crippen molar-refractivity contribution in [2.45, 2.75) is 25.2 Å². The third-order valence-electron chi connectivity index (χ3n) is 6.23. The minimum Gasteiger partial charge on any atom is -0.468 e. The fourth-order valence-electron chi connectivity index (χ4n) is 4.37. The first-order chi connectivity index (χ1) is 17.9. The van der Waals surface area contributed by atoms with Gasteiger partial charge in [-0.1, -0.05) is 42.5 Å². The Morgan fingerprint density at radius 1 is 0.649 bits per heavy atom. The standard InChI is InChI=1S/C30H24F3NO3/c31-24-11-7-22(8-12-24)30(35,23-9-13-25(32)14-10-23)29-16-15-27(37-29)20-34(19-26-5-3-17-36-26)18-21-4-1-2-6-28(21)33/h1-17,35H,18-20H2. The first-order valence-electron chi connectivity index (χ1n) is 11.7. The summed E-state index contributed by atoms with van der Waals surface area (Å²) in [5, 5.41) is 11.9. The van der Waals surface area contributed by atoms with E-state index in [2.05, 4.69) is 0 Å². The molecule has 0 radical (unpaired) electrons. The Bertz CT molecular complexity index is 1400. The minimum absolute atomic E-state index is 0.185. The van der Waals surface area contributed by atoms with Gasteiger partial charge in [-0.05, 0) is 65.7 Å². The number of hydrogen-bond acceptors (Lipinski definition) is 4. The fraction of sp³-hybridized carbons (Fsp3) is 0.133. The second-order valence-corrected chi connectivity index (χ2v) is 8.81. The second-order valence-electron chi connectivity index (χ2n) is 8.81. The topological polar surface area (TPSA) is 49.8 Å². The third-order valence-corrected chi connectivity index (χ3v) is 6.23. The molecule has 0 unspecified atom stereocenters. The van der Waals surface area contributed by atoms with Gasteiger partial charge in [-0.15, -0.1) is 0 Å². The zero-order valence-electron chi connectivity index (χ0n) is 19.8. The maximum atomic E-state index is 14.4. The lowest BCUT2D eigenvalue weighted by molar-refractivity contribution is 0.0945. The number of furan rings is 2. The molecule has 5 rings (SSSR count). The quantitative estimate of drug-likeness (QED) is 0.241. The molecule has 0 amide bonds. The fourth-order valence-corrected chi connectivity index (χ4v) is 4.37. The van der Waals surface area contributed by atoms with Crippen LogP contribution in [0.25, 0.3) is 0 Å². The maximum absolute atomic E-state index is 14.4. The first kappa shape index (κ1) is 24.6. The zero-order chi connectivity index (χ0) is 25.8. The van der Waals surface area contributed by atoms with Crippen molar-refractivity contribution < 1.29 is 27.1 Å². The molecular weight excluding hydrogens is 479 g/mol. The summed E-state index contributed by atoms with van der Waals surface area (Å²) in [4.78, 5) is 1.95. The molecule has 1 N–H and O–H groups in total. The van der Waals surface area contributed by atoms with E-state index in [0.29, 0.717) is 41.3 Å². The summed E-state index contributed by atoms with van der Waals surface area (Å²) in [6, 6.07) is 24.4. The number of aliphatic hydroxyl groups is 1. The summed E-state index contributed by atoms with van der Waals surface area (Å²) in [7, 11) is 0. The molecule has 0 saturated carbocycles. The molecule has 5 aromatic rings. The van der Waals surface area contributed by atoms with Crippen LogP contribution in [-0.2, 0) is 25.2 Å². The average Bonchev–Trinajstić information content (AvgIpc) is 3.58. The van der Waals surface area contributed by atoms with Gasteiger partial charge in [0.05, 0.1) is 19.4 Å². The summed E-state index contributed by atoms with van der Waals surface area (Å²) < 4.78 is 53.3. The molecule has 0 aliphatic heterocycles. The lowest BCUT2D eigenvalue weighted by atomic mass is 9.84. The van der Waals surface area contributed by atoms with Crippen LogP contribution in [0.1, 0.15) is 34.0 Å². The number of nitrogens with zero attached hydrogens (tertiary/aromatic N) is 1. The minimum atomic E-state index is -1.79. The highest BCUT2D eigenvalue weighted by atomic mass is 19.1. The third kappa shape index (κ3) is 5.38. The van der Waals surface area contributed by atoms with Crippen molar-refractivity contribution in [2.24, 2.45) is 0 Å². The SMILES string of the molecule is OC(c1ccc(F)cc1)(c1ccc(F)cc1)c1ccc(CN(Cc2ccco2)Cc2ccccc2F)o1. The molecule has 0 aliphatic rings. The molecule has 37 heavy (non-hydrogen) atoms. The molecule has 2 aromatic heterocycles. The first-order valence-corrected chi connectivity index (χ1v) is 11.7. The number of hydrogen-bond donors (Lipinski definition) is 1. The molecule has 0 fully saturated rings. The summed E-state index contributed by atoms with van der Waals surface area (Å²) in [6.07, 6.45) is 1.58. The summed E-state index contributed by atoms with van der Waals surface area (Å²) in [5.41, 5.74) is -0.549. The molecule has 4 nitrogen and oxygen atoms in total. The van der Waals surface area contributed by atoms with E-state index in [1.54, 1.807) is 42.7 Å². The van der Waals surface area contributed by atoms with E-state index < -0.39 is 17.2 Å². The normalized spacial score (nSPS) is 11.8. The van der Waals surface area contributed by atoms with Gasteiger partial charge in [-0.2, -0.15) is 0 Å². The van der Waals surface area contributed by atoms with E-state index in [9.17, 15) is 18.3 Å². The van der Waals surface area contributed by atoms with Crippen molar-refractivity contribution in [1.82, 2.24) is 4.90 Å². The Morgan fingerprint density at radius 3 is 1.86 bits per heavy atom. The van der Waals surface area contributed by atoms with Crippen molar-refractivity contribution in [3.63, 3.8) is 0 Å². The molecule has 7 heteroatoms. The van der Waals surface area contributed by atoms with Crippen LogP contribution < -0.4 is 0 Å². The van der Waals surface area contributed by atoms with Crippen molar-refractivity contribution in [3.05, 3.63) is 155 Å². The van der Waals surface area contributed by atoms with Crippen LogP contribution in [0, 0.1) is 17.5 Å². The molecule has 3 aromatic carbocycles. The van der Waals surface area contributed by atoms with E-state index in [-0.39, 0.29) is 18.1 Å². The predicted molar refractivity (Wildman–Crippen MR) is 132 cm³/mol. The Hall–Kier alpha value is -4.07. The smallest absolute Gasteiger partial charge is 0.173 e. The van der Waals surface area contributed by atoms with E-state index in [1.165, 1.54) is 54.6 Å². The molecule has 0 spiro atoms. The van der Waals surface area contributed by atoms with Crippen LogP contribution in [-0.4, -0.2) is 10.0 Å². The zero-order valence-corrected chi connectivity index (χ0v) is 19.8. The lowest BCUT2D eigenvalue weighted by Crippen LogP contribution is -2.28. The van der Waals surface area contributed by atoms with Crippen molar-refractivity contribution in [2.75, 3.05) is 0 Å². The second kappa shape index (κ2) is 10.5. The Morgan fingerprint density at radius 2 is 1.27 bits per heavy atom. The van der Waals surface area contributed by atoms with Gasteiger partial charge >= 0.3 is 0 Å². The van der Waals surface area contributed by atoms with Gasteiger partial charge in [0, 0.05) is 12.1 Å².